The Balaban J connectivity index is 2.16. The van der Waals surface area contributed by atoms with Crippen LogP contribution in [0.5, 0.6) is 0 Å². The number of ketones is 1. The highest BCUT2D eigenvalue weighted by Gasteiger charge is 2.05. The molecule has 0 aliphatic rings. The molecule has 0 amide bonds. The quantitative estimate of drug-likeness (QED) is 0.598. The van der Waals surface area contributed by atoms with Gasteiger partial charge < -0.3 is 4.42 Å². The van der Waals surface area contributed by atoms with E-state index in [2.05, 4.69) is 0 Å². The highest BCUT2D eigenvalue weighted by atomic mass is 35.5. The normalized spacial score (nSPS) is 11.1. The van der Waals surface area contributed by atoms with E-state index in [4.69, 9.17) is 27.6 Å². The first-order valence-electron chi connectivity index (χ1n) is 5.30. The molecule has 0 saturated carbocycles. The summed E-state index contributed by atoms with van der Waals surface area (Å²) in [6, 6.07) is 8.41. The zero-order chi connectivity index (χ0) is 13.1. The summed E-state index contributed by atoms with van der Waals surface area (Å²) in [5.41, 5.74) is 0.490. The highest BCUT2D eigenvalue weighted by Crippen LogP contribution is 2.23. The second-order valence-corrected chi connectivity index (χ2v) is 4.59. The van der Waals surface area contributed by atoms with Crippen molar-refractivity contribution in [2.45, 2.75) is 6.92 Å². The molecule has 1 aromatic carbocycles. The van der Waals surface area contributed by atoms with Crippen LogP contribution in [-0.4, -0.2) is 5.78 Å². The van der Waals surface area contributed by atoms with Crippen molar-refractivity contribution in [1.82, 2.24) is 0 Å². The Kier molecular flexibility index (Phi) is 3.90. The monoisotopic (exact) mass is 280 g/mol. The number of hydrogen-bond acceptors (Lipinski definition) is 2. The third kappa shape index (κ3) is 3.03. The third-order valence-electron chi connectivity index (χ3n) is 2.36. The van der Waals surface area contributed by atoms with Gasteiger partial charge in [-0.1, -0.05) is 23.2 Å². The minimum Gasteiger partial charge on any atom is -0.462 e. The summed E-state index contributed by atoms with van der Waals surface area (Å²) in [7, 11) is 0. The van der Waals surface area contributed by atoms with Gasteiger partial charge in [-0.25, -0.2) is 0 Å². The average molecular weight is 281 g/mol. The molecule has 0 unspecified atom stereocenters. The Morgan fingerprint density at radius 2 is 1.94 bits per heavy atom. The van der Waals surface area contributed by atoms with E-state index in [-0.39, 0.29) is 5.78 Å². The van der Waals surface area contributed by atoms with Gasteiger partial charge in [0.15, 0.2) is 5.78 Å². The van der Waals surface area contributed by atoms with Crippen molar-refractivity contribution in [3.05, 3.63) is 63.5 Å². The molecule has 0 bridgehead atoms. The van der Waals surface area contributed by atoms with E-state index in [1.807, 2.05) is 13.0 Å². The lowest BCUT2D eigenvalue weighted by Gasteiger charge is -1.98. The van der Waals surface area contributed by atoms with Crippen LogP contribution in [0.4, 0.5) is 0 Å². The summed E-state index contributed by atoms with van der Waals surface area (Å²) in [5, 5.41) is 0.795. The summed E-state index contributed by atoms with van der Waals surface area (Å²) in [5.74, 6) is 1.29. The third-order valence-corrected chi connectivity index (χ3v) is 3.10. The van der Waals surface area contributed by atoms with Gasteiger partial charge in [0, 0.05) is 5.56 Å². The smallest absolute Gasteiger partial charge is 0.186 e. The first kappa shape index (κ1) is 12.9. The average Bonchev–Trinajstić information content (AvgIpc) is 2.75. The Bertz CT molecular complexity index is 612. The van der Waals surface area contributed by atoms with Crippen molar-refractivity contribution in [3.8, 4) is 0 Å². The minimum absolute atomic E-state index is 0.150. The SMILES string of the molecule is Cc1ccc(/C=C/C(=O)c2ccc(Cl)c(Cl)c2)o1. The van der Waals surface area contributed by atoms with Crippen LogP contribution >= 0.6 is 23.2 Å². The molecule has 1 heterocycles. The lowest BCUT2D eigenvalue weighted by molar-refractivity contribution is 0.104. The number of allylic oxidation sites excluding steroid dienone is 1. The molecule has 0 N–H and O–H groups in total. The number of halogens is 2. The number of hydrogen-bond donors (Lipinski definition) is 0. The van der Waals surface area contributed by atoms with Gasteiger partial charge in [0.1, 0.15) is 11.5 Å². The predicted octanol–water partition coefficient (Wildman–Crippen LogP) is 4.79. The van der Waals surface area contributed by atoms with Crippen molar-refractivity contribution in [2.24, 2.45) is 0 Å². The fourth-order valence-electron chi connectivity index (χ4n) is 1.45. The van der Waals surface area contributed by atoms with Crippen LogP contribution in [0.15, 0.2) is 40.8 Å². The number of aryl methyl sites for hydroxylation is 1. The van der Waals surface area contributed by atoms with E-state index in [1.54, 1.807) is 30.3 Å². The molecule has 92 valence electrons. The van der Waals surface area contributed by atoms with Gasteiger partial charge in [-0.3, -0.25) is 4.79 Å². The zero-order valence-corrected chi connectivity index (χ0v) is 11.1. The first-order valence-corrected chi connectivity index (χ1v) is 6.06. The predicted molar refractivity (Wildman–Crippen MR) is 73.3 cm³/mol. The van der Waals surface area contributed by atoms with Gasteiger partial charge in [-0.15, -0.1) is 0 Å². The second kappa shape index (κ2) is 5.42. The molecule has 2 nitrogen and oxygen atoms in total. The van der Waals surface area contributed by atoms with Crippen LogP contribution in [0.2, 0.25) is 10.0 Å². The fourth-order valence-corrected chi connectivity index (χ4v) is 1.74. The molecule has 1 aromatic heterocycles. The Hall–Kier alpha value is -1.51. The molecule has 0 atom stereocenters. The van der Waals surface area contributed by atoms with Crippen LogP contribution in [0.1, 0.15) is 21.9 Å². The summed E-state index contributed by atoms with van der Waals surface area (Å²) < 4.78 is 5.33. The van der Waals surface area contributed by atoms with Crippen molar-refractivity contribution in [3.63, 3.8) is 0 Å². The van der Waals surface area contributed by atoms with Gasteiger partial charge in [0.25, 0.3) is 0 Å². The summed E-state index contributed by atoms with van der Waals surface area (Å²) >= 11 is 11.6. The number of furan rings is 1. The molecule has 0 aliphatic heterocycles. The van der Waals surface area contributed by atoms with E-state index < -0.39 is 0 Å². The Morgan fingerprint density at radius 1 is 1.17 bits per heavy atom. The second-order valence-electron chi connectivity index (χ2n) is 3.77. The van der Waals surface area contributed by atoms with Crippen molar-refractivity contribution < 1.29 is 9.21 Å². The molecule has 0 aliphatic carbocycles. The van der Waals surface area contributed by atoms with Crippen molar-refractivity contribution in [2.75, 3.05) is 0 Å². The largest absolute Gasteiger partial charge is 0.462 e. The van der Waals surface area contributed by atoms with Crippen molar-refractivity contribution >= 4 is 35.1 Å². The molecular formula is C14H10Cl2O2. The van der Waals surface area contributed by atoms with E-state index >= 15 is 0 Å². The number of carbonyl (C=O) groups is 1. The standard InChI is InChI=1S/C14H10Cl2O2/c1-9-2-4-11(18-9)5-7-14(17)10-3-6-12(15)13(16)8-10/h2-8H,1H3/b7-5+. The summed E-state index contributed by atoms with van der Waals surface area (Å²) in [4.78, 5) is 11.9. The molecule has 4 heteroatoms. The maximum Gasteiger partial charge on any atom is 0.186 e. The minimum atomic E-state index is -0.150. The van der Waals surface area contributed by atoms with Gasteiger partial charge in [0.2, 0.25) is 0 Å². The number of rotatable bonds is 3. The number of benzene rings is 1. The molecule has 2 rings (SSSR count). The maximum atomic E-state index is 11.9. The van der Waals surface area contributed by atoms with E-state index in [0.717, 1.165) is 5.76 Å². The summed E-state index contributed by atoms with van der Waals surface area (Å²) in [6.45, 7) is 1.85. The zero-order valence-electron chi connectivity index (χ0n) is 9.61. The van der Waals surface area contributed by atoms with Crippen LogP contribution in [0.25, 0.3) is 6.08 Å². The van der Waals surface area contributed by atoms with Crippen LogP contribution < -0.4 is 0 Å². The van der Waals surface area contributed by atoms with E-state index in [0.29, 0.717) is 21.4 Å². The summed E-state index contributed by atoms with van der Waals surface area (Å²) in [6.07, 6.45) is 3.07. The lowest BCUT2D eigenvalue weighted by atomic mass is 10.1. The van der Waals surface area contributed by atoms with Crippen LogP contribution in [0.3, 0.4) is 0 Å². The van der Waals surface area contributed by atoms with Crippen molar-refractivity contribution in [1.29, 1.82) is 0 Å². The number of carbonyl (C=O) groups excluding carboxylic acids is 1. The highest BCUT2D eigenvalue weighted by molar-refractivity contribution is 6.42. The molecule has 0 saturated heterocycles. The maximum absolute atomic E-state index is 11.9. The van der Waals surface area contributed by atoms with E-state index in [1.165, 1.54) is 6.08 Å². The molecule has 18 heavy (non-hydrogen) atoms. The topological polar surface area (TPSA) is 30.2 Å². The Morgan fingerprint density at radius 3 is 2.56 bits per heavy atom. The lowest BCUT2D eigenvalue weighted by Crippen LogP contribution is -1.93. The van der Waals surface area contributed by atoms with Gasteiger partial charge in [-0.05, 0) is 49.4 Å². The van der Waals surface area contributed by atoms with Crippen LogP contribution in [-0.2, 0) is 0 Å². The van der Waals surface area contributed by atoms with Gasteiger partial charge >= 0.3 is 0 Å². The van der Waals surface area contributed by atoms with Gasteiger partial charge in [-0.2, -0.15) is 0 Å². The molecule has 0 fully saturated rings. The fraction of sp³-hybridized carbons (Fsp3) is 0.0714. The van der Waals surface area contributed by atoms with Gasteiger partial charge in [0.05, 0.1) is 10.0 Å². The first-order chi connectivity index (χ1) is 8.56. The Labute approximate surface area is 115 Å². The van der Waals surface area contributed by atoms with Crippen LogP contribution in [0, 0.1) is 6.92 Å². The van der Waals surface area contributed by atoms with E-state index in [9.17, 15) is 4.79 Å². The molecular weight excluding hydrogens is 271 g/mol. The molecule has 0 radical (unpaired) electrons. The molecule has 2 aromatic rings. The molecule has 0 spiro atoms.